The summed E-state index contributed by atoms with van der Waals surface area (Å²) in [6.07, 6.45) is 3.96. The van der Waals surface area contributed by atoms with Crippen LogP contribution in [-0.2, 0) is 9.59 Å². The van der Waals surface area contributed by atoms with Gasteiger partial charge < -0.3 is 21.1 Å². The molecule has 0 spiro atoms. The van der Waals surface area contributed by atoms with Crippen molar-refractivity contribution < 1.29 is 19.5 Å². The van der Waals surface area contributed by atoms with Gasteiger partial charge in [0, 0.05) is 19.5 Å². The second-order valence-electron chi connectivity index (χ2n) is 5.87. The summed E-state index contributed by atoms with van der Waals surface area (Å²) in [5.74, 6) is -1.06. The lowest BCUT2D eigenvalue weighted by Crippen LogP contribution is -2.50. The van der Waals surface area contributed by atoms with E-state index in [2.05, 4.69) is 12.2 Å². The van der Waals surface area contributed by atoms with Crippen LogP contribution >= 0.6 is 0 Å². The number of aliphatic carboxylic acids is 1. The molecule has 1 aliphatic rings. The average molecular weight is 299 g/mol. The van der Waals surface area contributed by atoms with Gasteiger partial charge in [-0.05, 0) is 38.0 Å². The summed E-state index contributed by atoms with van der Waals surface area (Å²) < 4.78 is 0. The molecule has 0 unspecified atom stereocenters. The van der Waals surface area contributed by atoms with Gasteiger partial charge in [0.25, 0.3) is 0 Å². The molecule has 1 fully saturated rings. The smallest absolute Gasteiger partial charge is 0.326 e. The van der Waals surface area contributed by atoms with Crippen LogP contribution in [-0.4, -0.2) is 47.0 Å². The molecule has 1 aliphatic carbocycles. The number of amides is 3. The number of nitrogens with two attached hydrogens (primary N) is 1. The molecule has 0 aromatic heterocycles. The summed E-state index contributed by atoms with van der Waals surface area (Å²) in [5, 5.41) is 11.5. The first-order valence-corrected chi connectivity index (χ1v) is 7.35. The fraction of sp³-hybridized carbons (Fsp3) is 0.786. The molecule has 0 saturated heterocycles. The van der Waals surface area contributed by atoms with Crippen LogP contribution in [0.5, 0.6) is 0 Å². The Morgan fingerprint density at radius 3 is 2.33 bits per heavy atom. The number of urea groups is 1. The third kappa shape index (κ3) is 5.61. The predicted octanol–water partition coefficient (Wildman–Crippen LogP) is 0.925. The largest absolute Gasteiger partial charge is 0.480 e. The molecule has 3 amide bonds. The van der Waals surface area contributed by atoms with Gasteiger partial charge in [-0.1, -0.05) is 6.92 Å². The van der Waals surface area contributed by atoms with E-state index in [9.17, 15) is 14.4 Å². The number of rotatable bonds is 6. The van der Waals surface area contributed by atoms with Crippen LogP contribution in [0, 0.1) is 5.92 Å². The number of carbonyl (C=O) groups excluding carboxylic acids is 2. The summed E-state index contributed by atoms with van der Waals surface area (Å²) in [5.41, 5.74) is 5.01. The van der Waals surface area contributed by atoms with Crippen LogP contribution in [0.25, 0.3) is 0 Å². The number of carbonyl (C=O) groups is 3. The van der Waals surface area contributed by atoms with Gasteiger partial charge >= 0.3 is 12.0 Å². The Morgan fingerprint density at radius 2 is 1.86 bits per heavy atom. The molecule has 4 N–H and O–H groups in total. The molecular formula is C14H25N3O4. The van der Waals surface area contributed by atoms with Gasteiger partial charge in [-0.3, -0.25) is 4.79 Å². The van der Waals surface area contributed by atoms with Gasteiger partial charge in [-0.25, -0.2) is 9.59 Å². The van der Waals surface area contributed by atoms with E-state index in [-0.39, 0.29) is 18.9 Å². The summed E-state index contributed by atoms with van der Waals surface area (Å²) >= 11 is 0. The maximum absolute atomic E-state index is 12.1. The highest BCUT2D eigenvalue weighted by Crippen LogP contribution is 2.26. The highest BCUT2D eigenvalue weighted by Gasteiger charge is 2.27. The van der Waals surface area contributed by atoms with Crippen LogP contribution in [0.3, 0.4) is 0 Å². The van der Waals surface area contributed by atoms with Crippen molar-refractivity contribution in [1.29, 1.82) is 0 Å². The molecule has 7 heteroatoms. The van der Waals surface area contributed by atoms with Crippen molar-refractivity contribution in [2.24, 2.45) is 11.7 Å². The fourth-order valence-electron chi connectivity index (χ4n) is 2.59. The van der Waals surface area contributed by atoms with E-state index < -0.39 is 23.9 Å². The first-order chi connectivity index (χ1) is 9.81. The van der Waals surface area contributed by atoms with Crippen molar-refractivity contribution in [3.05, 3.63) is 0 Å². The summed E-state index contributed by atoms with van der Waals surface area (Å²) in [6, 6.07) is -1.35. The molecule has 1 atom stereocenters. The molecule has 120 valence electrons. The van der Waals surface area contributed by atoms with Crippen molar-refractivity contribution in [1.82, 2.24) is 10.2 Å². The van der Waals surface area contributed by atoms with Gasteiger partial charge in [0.1, 0.15) is 6.04 Å². The van der Waals surface area contributed by atoms with Gasteiger partial charge in [0.15, 0.2) is 0 Å². The number of carboxylic acids is 1. The Bertz CT molecular complexity index is 392. The van der Waals surface area contributed by atoms with Crippen LogP contribution in [0.15, 0.2) is 0 Å². The average Bonchev–Trinajstić information content (AvgIpc) is 2.42. The van der Waals surface area contributed by atoms with Crippen molar-refractivity contribution in [3.63, 3.8) is 0 Å². The van der Waals surface area contributed by atoms with E-state index in [4.69, 9.17) is 10.8 Å². The molecule has 0 aromatic rings. The minimum atomic E-state index is -1.16. The highest BCUT2D eigenvalue weighted by molar-refractivity contribution is 5.83. The lowest BCUT2D eigenvalue weighted by Gasteiger charge is -2.34. The SMILES string of the molecule is CC1CCC(N(C)C(=O)N[C@@H](CCC(N)=O)C(=O)O)CC1. The Kier molecular flexibility index (Phi) is 6.45. The van der Waals surface area contributed by atoms with Crippen LogP contribution in [0.1, 0.15) is 45.4 Å². The van der Waals surface area contributed by atoms with E-state index in [1.165, 1.54) is 0 Å². The van der Waals surface area contributed by atoms with Gasteiger partial charge in [0.2, 0.25) is 5.91 Å². The molecule has 0 aliphatic heterocycles. The molecule has 0 radical (unpaired) electrons. The third-order valence-corrected chi connectivity index (χ3v) is 4.13. The topological polar surface area (TPSA) is 113 Å². The number of hydrogen-bond acceptors (Lipinski definition) is 3. The second-order valence-corrected chi connectivity index (χ2v) is 5.87. The Balaban J connectivity index is 2.51. The quantitative estimate of drug-likeness (QED) is 0.677. The lowest BCUT2D eigenvalue weighted by atomic mass is 9.87. The standard InChI is InChI=1S/C14H25N3O4/c1-9-3-5-10(6-4-9)17(2)14(21)16-11(13(19)20)7-8-12(15)18/h9-11H,3-8H2,1-2H3,(H2,15,18)(H,16,21)(H,19,20)/t9?,10?,11-/m0/s1. The van der Waals surface area contributed by atoms with Gasteiger partial charge in [-0.15, -0.1) is 0 Å². The zero-order valence-corrected chi connectivity index (χ0v) is 12.7. The second kappa shape index (κ2) is 7.85. The molecule has 0 heterocycles. The van der Waals surface area contributed by atoms with E-state index in [1.54, 1.807) is 11.9 Å². The van der Waals surface area contributed by atoms with Crippen LogP contribution in [0.2, 0.25) is 0 Å². The zero-order chi connectivity index (χ0) is 16.0. The number of primary amides is 1. The lowest BCUT2D eigenvalue weighted by molar-refractivity contribution is -0.139. The molecule has 1 saturated carbocycles. The maximum atomic E-state index is 12.1. The summed E-state index contributed by atoms with van der Waals surface area (Å²) in [7, 11) is 1.68. The zero-order valence-electron chi connectivity index (χ0n) is 12.7. The molecule has 21 heavy (non-hydrogen) atoms. The Hall–Kier alpha value is -1.79. The van der Waals surface area contributed by atoms with E-state index in [0.717, 1.165) is 25.7 Å². The number of nitrogens with one attached hydrogen (secondary N) is 1. The maximum Gasteiger partial charge on any atom is 0.326 e. The third-order valence-electron chi connectivity index (χ3n) is 4.13. The first-order valence-electron chi connectivity index (χ1n) is 7.35. The van der Waals surface area contributed by atoms with Gasteiger partial charge in [-0.2, -0.15) is 0 Å². The van der Waals surface area contributed by atoms with Gasteiger partial charge in [0.05, 0.1) is 0 Å². The van der Waals surface area contributed by atoms with E-state index in [1.807, 2.05) is 0 Å². The summed E-state index contributed by atoms with van der Waals surface area (Å²) in [6.45, 7) is 2.20. The Labute approximate surface area is 124 Å². The fourth-order valence-corrected chi connectivity index (χ4v) is 2.59. The predicted molar refractivity (Wildman–Crippen MR) is 77.6 cm³/mol. The van der Waals surface area contributed by atoms with Crippen molar-refractivity contribution in [2.45, 2.75) is 57.5 Å². The molecule has 0 bridgehead atoms. The molecular weight excluding hydrogens is 274 g/mol. The monoisotopic (exact) mass is 299 g/mol. The van der Waals surface area contributed by atoms with Crippen LogP contribution < -0.4 is 11.1 Å². The molecule has 1 rings (SSSR count). The van der Waals surface area contributed by atoms with E-state index >= 15 is 0 Å². The minimum absolute atomic E-state index is 0.00590. The molecule has 7 nitrogen and oxygen atoms in total. The molecule has 0 aromatic carbocycles. The Morgan fingerprint density at radius 1 is 1.29 bits per heavy atom. The normalized spacial score (nSPS) is 23.1. The van der Waals surface area contributed by atoms with Crippen molar-refractivity contribution >= 4 is 17.9 Å². The first kappa shape index (κ1) is 17.3. The van der Waals surface area contributed by atoms with E-state index in [0.29, 0.717) is 5.92 Å². The summed E-state index contributed by atoms with van der Waals surface area (Å²) in [4.78, 5) is 35.5. The van der Waals surface area contributed by atoms with Crippen LogP contribution in [0.4, 0.5) is 4.79 Å². The number of carboxylic acid groups (broad SMARTS) is 1. The minimum Gasteiger partial charge on any atom is -0.480 e. The van der Waals surface area contributed by atoms with Crippen molar-refractivity contribution in [3.8, 4) is 0 Å². The number of nitrogens with zero attached hydrogens (tertiary/aromatic N) is 1. The van der Waals surface area contributed by atoms with Crippen molar-refractivity contribution in [2.75, 3.05) is 7.05 Å². The highest BCUT2D eigenvalue weighted by atomic mass is 16.4. The number of hydrogen-bond donors (Lipinski definition) is 3.